The van der Waals surface area contributed by atoms with Gasteiger partial charge in [-0.25, -0.2) is 9.37 Å². The van der Waals surface area contributed by atoms with Crippen molar-refractivity contribution in [1.29, 1.82) is 0 Å². The van der Waals surface area contributed by atoms with Crippen molar-refractivity contribution in [2.24, 2.45) is 0 Å². The van der Waals surface area contributed by atoms with Crippen molar-refractivity contribution in [3.8, 4) is 11.5 Å². The van der Waals surface area contributed by atoms with E-state index in [0.717, 1.165) is 0 Å². The number of furan rings is 1. The summed E-state index contributed by atoms with van der Waals surface area (Å²) >= 11 is 5.12. The molecular formula is C21H15FN4O2S. The number of benzene rings is 2. The maximum Gasteiger partial charge on any atom is 0.270 e. The van der Waals surface area contributed by atoms with Crippen molar-refractivity contribution in [2.45, 2.75) is 0 Å². The van der Waals surface area contributed by atoms with Crippen molar-refractivity contribution in [3.63, 3.8) is 0 Å². The number of nitrogens with one attached hydrogen (secondary N) is 3. The largest absolute Gasteiger partial charge is 0.463 e. The number of aromatic nitrogens is 1. The first-order valence-electron chi connectivity index (χ1n) is 8.67. The number of thiocarbonyl (C=S) groups is 1. The zero-order chi connectivity index (χ0) is 20.2. The van der Waals surface area contributed by atoms with E-state index in [9.17, 15) is 9.18 Å². The third kappa shape index (κ3) is 4.07. The van der Waals surface area contributed by atoms with Crippen LogP contribution >= 0.6 is 12.2 Å². The van der Waals surface area contributed by atoms with Gasteiger partial charge in [0.05, 0.1) is 23.0 Å². The van der Waals surface area contributed by atoms with Gasteiger partial charge in [0.15, 0.2) is 10.9 Å². The third-order valence-electron chi connectivity index (χ3n) is 4.15. The second kappa shape index (κ2) is 8.07. The molecule has 0 aliphatic carbocycles. The summed E-state index contributed by atoms with van der Waals surface area (Å²) in [6, 6.07) is 18.5. The highest BCUT2D eigenvalue weighted by Crippen LogP contribution is 2.25. The van der Waals surface area contributed by atoms with Gasteiger partial charge in [0.2, 0.25) is 0 Å². The van der Waals surface area contributed by atoms with E-state index >= 15 is 0 Å². The van der Waals surface area contributed by atoms with Crippen molar-refractivity contribution in [1.82, 2.24) is 15.8 Å². The molecule has 3 N–H and O–H groups in total. The molecule has 0 saturated carbocycles. The fraction of sp³-hybridized carbons (Fsp3) is 0. The molecule has 0 saturated heterocycles. The molecule has 0 unspecified atom stereocenters. The minimum Gasteiger partial charge on any atom is -0.463 e. The highest BCUT2D eigenvalue weighted by molar-refractivity contribution is 7.80. The second-order valence-corrected chi connectivity index (χ2v) is 6.47. The number of carbonyl (C=O) groups is 1. The number of fused-ring (bicyclic) bond motifs is 1. The van der Waals surface area contributed by atoms with Gasteiger partial charge in [-0.05, 0) is 48.6 Å². The number of para-hydroxylation sites is 2. The average Bonchev–Trinajstić information content (AvgIpc) is 3.28. The van der Waals surface area contributed by atoms with Gasteiger partial charge in [-0.2, -0.15) is 0 Å². The number of carbonyl (C=O) groups excluding carboxylic acids is 1. The SMILES string of the molecule is O=C(NNC(=S)Nc1ccccc1F)c1cc(-c2ccco2)nc2ccccc12. The Morgan fingerprint density at radius 2 is 1.79 bits per heavy atom. The molecule has 4 aromatic rings. The Labute approximate surface area is 170 Å². The van der Waals surface area contributed by atoms with Gasteiger partial charge in [0.25, 0.3) is 5.91 Å². The predicted octanol–water partition coefficient (Wildman–Crippen LogP) is 4.27. The average molecular weight is 406 g/mol. The summed E-state index contributed by atoms with van der Waals surface area (Å²) in [5, 5.41) is 3.42. The van der Waals surface area contributed by atoms with Crippen molar-refractivity contribution < 1.29 is 13.6 Å². The number of hydrogen-bond acceptors (Lipinski definition) is 4. The first kappa shape index (κ1) is 18.6. The molecule has 2 aromatic carbocycles. The molecule has 2 heterocycles. The Kier molecular flexibility index (Phi) is 5.17. The summed E-state index contributed by atoms with van der Waals surface area (Å²) in [5.74, 6) is -0.324. The van der Waals surface area contributed by atoms with Crippen LogP contribution in [-0.2, 0) is 0 Å². The summed E-state index contributed by atoms with van der Waals surface area (Å²) in [7, 11) is 0. The molecule has 0 radical (unpaired) electrons. The summed E-state index contributed by atoms with van der Waals surface area (Å²) in [6.07, 6.45) is 1.54. The topological polar surface area (TPSA) is 79.2 Å². The molecule has 0 atom stereocenters. The van der Waals surface area contributed by atoms with E-state index in [1.807, 2.05) is 18.2 Å². The molecule has 0 fully saturated rings. The van der Waals surface area contributed by atoms with Crippen LogP contribution in [0, 0.1) is 5.82 Å². The molecule has 0 aliphatic rings. The summed E-state index contributed by atoms with van der Waals surface area (Å²) in [6.45, 7) is 0. The van der Waals surface area contributed by atoms with Crippen LogP contribution in [0.5, 0.6) is 0 Å². The van der Waals surface area contributed by atoms with E-state index in [1.165, 1.54) is 12.1 Å². The van der Waals surface area contributed by atoms with Gasteiger partial charge < -0.3 is 9.73 Å². The number of rotatable bonds is 3. The molecule has 0 bridgehead atoms. The van der Waals surface area contributed by atoms with Crippen molar-refractivity contribution >= 4 is 39.8 Å². The summed E-state index contributed by atoms with van der Waals surface area (Å²) < 4.78 is 19.1. The second-order valence-electron chi connectivity index (χ2n) is 6.06. The molecule has 8 heteroatoms. The smallest absolute Gasteiger partial charge is 0.270 e. The molecule has 29 heavy (non-hydrogen) atoms. The van der Waals surface area contributed by atoms with Crippen LogP contribution in [-0.4, -0.2) is 16.0 Å². The lowest BCUT2D eigenvalue weighted by Crippen LogP contribution is -2.44. The Morgan fingerprint density at radius 1 is 1.00 bits per heavy atom. The predicted molar refractivity (Wildman–Crippen MR) is 113 cm³/mol. The van der Waals surface area contributed by atoms with Crippen LogP contribution in [0.1, 0.15) is 10.4 Å². The van der Waals surface area contributed by atoms with E-state index in [-0.39, 0.29) is 10.8 Å². The van der Waals surface area contributed by atoms with Crippen molar-refractivity contribution in [3.05, 3.63) is 84.4 Å². The van der Waals surface area contributed by atoms with E-state index in [1.54, 1.807) is 42.7 Å². The highest BCUT2D eigenvalue weighted by atomic mass is 32.1. The van der Waals surface area contributed by atoms with Crippen LogP contribution < -0.4 is 16.2 Å². The highest BCUT2D eigenvalue weighted by Gasteiger charge is 2.15. The number of hydrogen-bond donors (Lipinski definition) is 3. The van der Waals surface area contributed by atoms with Crippen LogP contribution in [0.25, 0.3) is 22.4 Å². The van der Waals surface area contributed by atoms with Gasteiger partial charge in [-0.15, -0.1) is 0 Å². The van der Waals surface area contributed by atoms with Gasteiger partial charge >= 0.3 is 0 Å². The van der Waals surface area contributed by atoms with E-state index < -0.39 is 11.7 Å². The lowest BCUT2D eigenvalue weighted by atomic mass is 10.1. The quantitative estimate of drug-likeness (QED) is 0.348. The third-order valence-corrected chi connectivity index (χ3v) is 4.35. The summed E-state index contributed by atoms with van der Waals surface area (Å²) in [4.78, 5) is 17.4. The monoisotopic (exact) mass is 406 g/mol. The minimum absolute atomic E-state index is 0.0491. The number of nitrogens with zero attached hydrogens (tertiary/aromatic N) is 1. The number of pyridine rings is 1. The Bertz CT molecular complexity index is 1190. The number of hydrazine groups is 1. The molecule has 4 rings (SSSR count). The Hall–Kier alpha value is -3.78. The number of amides is 1. The molecule has 6 nitrogen and oxygen atoms in total. The van der Waals surface area contributed by atoms with Gasteiger partial charge in [-0.3, -0.25) is 15.6 Å². The van der Waals surface area contributed by atoms with E-state index in [4.69, 9.17) is 16.6 Å². The Balaban J connectivity index is 1.55. The molecule has 1 amide bonds. The normalized spacial score (nSPS) is 10.5. The molecule has 0 aliphatic heterocycles. The number of anilines is 1. The first-order valence-corrected chi connectivity index (χ1v) is 9.08. The van der Waals surface area contributed by atoms with Crippen LogP contribution in [0.4, 0.5) is 10.1 Å². The lowest BCUT2D eigenvalue weighted by Gasteiger charge is -2.13. The molecule has 144 valence electrons. The van der Waals surface area contributed by atoms with Gasteiger partial charge in [0.1, 0.15) is 11.5 Å². The first-order chi connectivity index (χ1) is 14.1. The molecule has 0 spiro atoms. The molecule has 2 aromatic heterocycles. The lowest BCUT2D eigenvalue weighted by molar-refractivity contribution is 0.0946. The van der Waals surface area contributed by atoms with Crippen LogP contribution in [0.15, 0.2) is 77.4 Å². The van der Waals surface area contributed by atoms with Crippen LogP contribution in [0.3, 0.4) is 0 Å². The minimum atomic E-state index is -0.453. The fourth-order valence-electron chi connectivity index (χ4n) is 2.81. The standard InChI is InChI=1S/C21H15FN4O2S/c22-15-7-2-4-9-17(15)24-21(29)26-25-20(27)14-12-18(19-10-5-11-28-19)23-16-8-3-1-6-13(14)16/h1-12H,(H,25,27)(H2,24,26,29). The Morgan fingerprint density at radius 3 is 2.59 bits per heavy atom. The maximum atomic E-state index is 13.7. The zero-order valence-corrected chi connectivity index (χ0v) is 15.8. The summed E-state index contributed by atoms with van der Waals surface area (Å²) in [5.41, 5.74) is 6.89. The number of halogens is 1. The van der Waals surface area contributed by atoms with E-state index in [0.29, 0.717) is 27.9 Å². The van der Waals surface area contributed by atoms with Gasteiger partial charge in [-0.1, -0.05) is 30.3 Å². The van der Waals surface area contributed by atoms with Crippen molar-refractivity contribution in [2.75, 3.05) is 5.32 Å². The van der Waals surface area contributed by atoms with Crippen LogP contribution in [0.2, 0.25) is 0 Å². The van der Waals surface area contributed by atoms with Gasteiger partial charge in [0, 0.05) is 5.39 Å². The zero-order valence-electron chi connectivity index (χ0n) is 15.0. The van der Waals surface area contributed by atoms with E-state index in [2.05, 4.69) is 21.2 Å². The maximum absolute atomic E-state index is 13.7. The fourth-order valence-corrected chi connectivity index (χ4v) is 2.97. The molecular weight excluding hydrogens is 391 g/mol.